The Morgan fingerprint density at radius 2 is 1.77 bits per heavy atom. The van der Waals surface area contributed by atoms with Gasteiger partial charge in [0.15, 0.2) is 0 Å². The standard InChI is InChI=1S/C16H18F3NO2/c1-2-14(21)11-7-9-20(10-8-11)15(22)12-5-3-4-6-13(12)16(17,18)19/h3-6,11H,2,7-10H2,1H3. The van der Waals surface area contributed by atoms with Crippen molar-refractivity contribution >= 4 is 11.7 Å². The van der Waals surface area contributed by atoms with Crippen LogP contribution in [0.25, 0.3) is 0 Å². The van der Waals surface area contributed by atoms with Crippen LogP contribution in [0, 0.1) is 5.92 Å². The molecule has 0 atom stereocenters. The lowest BCUT2D eigenvalue weighted by Gasteiger charge is -2.31. The molecule has 1 aromatic carbocycles. The molecule has 1 amide bonds. The molecule has 1 aliphatic heterocycles. The van der Waals surface area contributed by atoms with E-state index in [1.165, 1.54) is 23.1 Å². The van der Waals surface area contributed by atoms with Crippen LogP contribution in [-0.4, -0.2) is 29.7 Å². The summed E-state index contributed by atoms with van der Waals surface area (Å²) in [6.45, 7) is 2.43. The molecule has 1 saturated heterocycles. The van der Waals surface area contributed by atoms with E-state index < -0.39 is 17.6 Å². The highest BCUT2D eigenvalue weighted by molar-refractivity contribution is 5.96. The largest absolute Gasteiger partial charge is 0.417 e. The molecule has 1 aliphatic rings. The predicted octanol–water partition coefficient (Wildman–Crippen LogP) is 3.54. The zero-order valence-corrected chi connectivity index (χ0v) is 12.3. The Balaban J connectivity index is 2.13. The van der Waals surface area contributed by atoms with Crippen molar-refractivity contribution < 1.29 is 22.8 Å². The van der Waals surface area contributed by atoms with E-state index in [0.29, 0.717) is 32.4 Å². The van der Waals surface area contributed by atoms with Gasteiger partial charge >= 0.3 is 6.18 Å². The minimum atomic E-state index is -4.55. The molecular formula is C16H18F3NO2. The van der Waals surface area contributed by atoms with Gasteiger partial charge in [0, 0.05) is 25.4 Å². The van der Waals surface area contributed by atoms with Gasteiger partial charge in [0.25, 0.3) is 5.91 Å². The SMILES string of the molecule is CCC(=O)C1CCN(C(=O)c2ccccc2C(F)(F)F)CC1. The van der Waals surface area contributed by atoms with Crippen LogP contribution in [0.15, 0.2) is 24.3 Å². The average molecular weight is 313 g/mol. The van der Waals surface area contributed by atoms with Gasteiger partial charge in [-0.05, 0) is 25.0 Å². The monoisotopic (exact) mass is 313 g/mol. The molecule has 22 heavy (non-hydrogen) atoms. The number of benzene rings is 1. The number of Topliss-reactive ketones (excluding diaryl/α,β-unsaturated/α-hetero) is 1. The highest BCUT2D eigenvalue weighted by Gasteiger charge is 2.36. The summed E-state index contributed by atoms with van der Waals surface area (Å²) in [6.07, 6.45) is -3.06. The van der Waals surface area contributed by atoms with Gasteiger partial charge in [0.2, 0.25) is 0 Å². The van der Waals surface area contributed by atoms with Gasteiger partial charge in [0.1, 0.15) is 5.78 Å². The smallest absolute Gasteiger partial charge is 0.339 e. The first-order valence-electron chi connectivity index (χ1n) is 7.32. The summed E-state index contributed by atoms with van der Waals surface area (Å²) in [5.74, 6) is -0.537. The zero-order chi connectivity index (χ0) is 16.3. The summed E-state index contributed by atoms with van der Waals surface area (Å²) in [5, 5.41) is 0. The summed E-state index contributed by atoms with van der Waals surface area (Å²) >= 11 is 0. The van der Waals surface area contributed by atoms with E-state index in [-0.39, 0.29) is 17.3 Å². The first-order valence-corrected chi connectivity index (χ1v) is 7.32. The topological polar surface area (TPSA) is 37.4 Å². The van der Waals surface area contributed by atoms with Crippen LogP contribution < -0.4 is 0 Å². The van der Waals surface area contributed by atoms with Crippen molar-refractivity contribution in [3.05, 3.63) is 35.4 Å². The maximum atomic E-state index is 13.0. The van der Waals surface area contributed by atoms with Crippen molar-refractivity contribution in [1.82, 2.24) is 4.90 Å². The minimum Gasteiger partial charge on any atom is -0.339 e. The third-order valence-electron chi connectivity index (χ3n) is 4.05. The lowest BCUT2D eigenvalue weighted by atomic mass is 9.91. The number of hydrogen-bond acceptors (Lipinski definition) is 2. The van der Waals surface area contributed by atoms with Crippen LogP contribution in [0.2, 0.25) is 0 Å². The molecular weight excluding hydrogens is 295 g/mol. The number of carbonyl (C=O) groups is 2. The first-order chi connectivity index (χ1) is 10.3. The number of piperidine rings is 1. The molecule has 0 aromatic heterocycles. The third-order valence-corrected chi connectivity index (χ3v) is 4.05. The van der Waals surface area contributed by atoms with Crippen molar-refractivity contribution in [3.63, 3.8) is 0 Å². The van der Waals surface area contributed by atoms with Crippen molar-refractivity contribution in [2.75, 3.05) is 13.1 Å². The molecule has 0 aliphatic carbocycles. The molecule has 1 fully saturated rings. The Bertz CT molecular complexity index is 561. The van der Waals surface area contributed by atoms with Crippen LogP contribution in [-0.2, 0) is 11.0 Å². The molecule has 1 aromatic rings. The number of hydrogen-bond donors (Lipinski definition) is 0. The number of carbonyl (C=O) groups excluding carboxylic acids is 2. The molecule has 3 nitrogen and oxygen atoms in total. The molecule has 120 valence electrons. The van der Waals surface area contributed by atoms with Crippen LogP contribution in [0.1, 0.15) is 42.1 Å². The number of halogens is 3. The van der Waals surface area contributed by atoms with Gasteiger partial charge in [-0.15, -0.1) is 0 Å². The van der Waals surface area contributed by atoms with Crippen LogP contribution in [0.4, 0.5) is 13.2 Å². The summed E-state index contributed by atoms with van der Waals surface area (Å²) in [4.78, 5) is 25.4. The van der Waals surface area contributed by atoms with Crippen molar-refractivity contribution in [2.24, 2.45) is 5.92 Å². The molecule has 0 N–H and O–H groups in total. The normalized spacial score (nSPS) is 16.6. The Hall–Kier alpha value is -1.85. The highest BCUT2D eigenvalue weighted by atomic mass is 19.4. The van der Waals surface area contributed by atoms with E-state index in [0.717, 1.165) is 6.07 Å². The highest BCUT2D eigenvalue weighted by Crippen LogP contribution is 2.33. The van der Waals surface area contributed by atoms with Gasteiger partial charge in [-0.3, -0.25) is 9.59 Å². The lowest BCUT2D eigenvalue weighted by Crippen LogP contribution is -2.40. The van der Waals surface area contributed by atoms with E-state index in [9.17, 15) is 22.8 Å². The van der Waals surface area contributed by atoms with Crippen molar-refractivity contribution in [3.8, 4) is 0 Å². The average Bonchev–Trinajstić information content (AvgIpc) is 2.52. The third kappa shape index (κ3) is 3.48. The minimum absolute atomic E-state index is 0.0769. The fraction of sp³-hybridized carbons (Fsp3) is 0.500. The second-order valence-corrected chi connectivity index (χ2v) is 5.43. The maximum absolute atomic E-state index is 13.0. The Morgan fingerprint density at radius 3 is 2.32 bits per heavy atom. The number of alkyl halides is 3. The second kappa shape index (κ2) is 6.50. The van der Waals surface area contributed by atoms with Gasteiger partial charge < -0.3 is 4.90 Å². The van der Waals surface area contributed by atoms with Crippen LogP contribution >= 0.6 is 0 Å². The number of nitrogens with zero attached hydrogens (tertiary/aromatic N) is 1. The number of ketones is 1. The summed E-state index contributed by atoms with van der Waals surface area (Å²) < 4.78 is 38.9. The molecule has 6 heteroatoms. The predicted molar refractivity (Wildman–Crippen MR) is 75.4 cm³/mol. The van der Waals surface area contributed by atoms with Crippen LogP contribution in [0.5, 0.6) is 0 Å². The Morgan fingerprint density at radius 1 is 1.18 bits per heavy atom. The Labute approximate surface area is 127 Å². The van der Waals surface area contributed by atoms with E-state index in [4.69, 9.17) is 0 Å². The molecule has 1 heterocycles. The number of amides is 1. The molecule has 2 rings (SSSR count). The Kier molecular flexibility index (Phi) is 4.88. The summed E-state index contributed by atoms with van der Waals surface area (Å²) in [7, 11) is 0. The van der Waals surface area contributed by atoms with Gasteiger partial charge in [-0.2, -0.15) is 13.2 Å². The fourth-order valence-electron chi connectivity index (χ4n) is 2.78. The maximum Gasteiger partial charge on any atom is 0.417 e. The van der Waals surface area contributed by atoms with Crippen LogP contribution in [0.3, 0.4) is 0 Å². The van der Waals surface area contributed by atoms with Gasteiger partial charge in [-0.1, -0.05) is 19.1 Å². The molecule has 0 unspecified atom stereocenters. The fourth-order valence-corrected chi connectivity index (χ4v) is 2.78. The molecule has 0 bridgehead atoms. The first kappa shape index (κ1) is 16.5. The van der Waals surface area contributed by atoms with Gasteiger partial charge in [-0.25, -0.2) is 0 Å². The molecule has 0 spiro atoms. The van der Waals surface area contributed by atoms with E-state index >= 15 is 0 Å². The van der Waals surface area contributed by atoms with E-state index in [1.54, 1.807) is 6.92 Å². The van der Waals surface area contributed by atoms with Crippen molar-refractivity contribution in [1.29, 1.82) is 0 Å². The summed E-state index contributed by atoms with van der Waals surface area (Å²) in [5.41, 5.74) is -1.23. The molecule has 0 saturated carbocycles. The summed E-state index contributed by atoms with van der Waals surface area (Å²) in [6, 6.07) is 4.82. The zero-order valence-electron chi connectivity index (χ0n) is 12.3. The lowest BCUT2D eigenvalue weighted by molar-refractivity contribution is -0.138. The number of likely N-dealkylation sites (tertiary alicyclic amines) is 1. The second-order valence-electron chi connectivity index (χ2n) is 5.43. The van der Waals surface area contributed by atoms with Crippen molar-refractivity contribution in [2.45, 2.75) is 32.4 Å². The van der Waals surface area contributed by atoms with E-state index in [1.807, 2.05) is 0 Å². The van der Waals surface area contributed by atoms with Gasteiger partial charge in [0.05, 0.1) is 11.1 Å². The number of rotatable bonds is 3. The molecule has 0 radical (unpaired) electrons. The quantitative estimate of drug-likeness (QED) is 0.856. The van der Waals surface area contributed by atoms with E-state index in [2.05, 4.69) is 0 Å².